The van der Waals surface area contributed by atoms with Crippen LogP contribution in [0.1, 0.15) is 26.7 Å². The largest absolute Gasteiger partial charge is 0.366 e. The minimum Gasteiger partial charge on any atom is -0.366 e. The normalized spacial score (nSPS) is 12.2. The van der Waals surface area contributed by atoms with Gasteiger partial charge in [-0.1, -0.05) is 29.3 Å². The molecule has 0 spiro atoms. The smallest absolute Gasteiger partial charge is 0.293 e. The Balaban J connectivity index is 3.08. The molecular formula is C12H17BrN2O2. The summed E-state index contributed by atoms with van der Waals surface area (Å²) in [7, 11) is 1.90. The number of benzene rings is 1. The van der Waals surface area contributed by atoms with Gasteiger partial charge in [-0.3, -0.25) is 10.1 Å². The average molecular weight is 301 g/mol. The summed E-state index contributed by atoms with van der Waals surface area (Å²) in [5, 5.41) is 11.0. The van der Waals surface area contributed by atoms with E-state index in [1.807, 2.05) is 18.0 Å². The molecule has 0 amide bonds. The molecule has 0 bridgehead atoms. The molecule has 17 heavy (non-hydrogen) atoms. The van der Waals surface area contributed by atoms with Crippen LogP contribution >= 0.6 is 15.9 Å². The monoisotopic (exact) mass is 300 g/mol. The molecule has 0 aliphatic rings. The van der Waals surface area contributed by atoms with Crippen molar-refractivity contribution in [3.63, 3.8) is 0 Å². The Labute approximate surface area is 110 Å². The molecule has 0 heterocycles. The lowest BCUT2D eigenvalue weighted by atomic mass is 10.1. The topological polar surface area (TPSA) is 46.4 Å². The molecule has 1 atom stereocenters. The van der Waals surface area contributed by atoms with Gasteiger partial charge in [-0.2, -0.15) is 0 Å². The molecule has 0 aliphatic heterocycles. The van der Waals surface area contributed by atoms with E-state index in [1.54, 1.807) is 12.1 Å². The minimum absolute atomic E-state index is 0.143. The highest BCUT2D eigenvalue weighted by atomic mass is 79.9. The van der Waals surface area contributed by atoms with E-state index in [-0.39, 0.29) is 10.6 Å². The van der Waals surface area contributed by atoms with E-state index in [9.17, 15) is 10.1 Å². The summed E-state index contributed by atoms with van der Waals surface area (Å²) < 4.78 is 0.726. The molecule has 0 N–H and O–H groups in total. The van der Waals surface area contributed by atoms with Crippen LogP contribution in [0.25, 0.3) is 0 Å². The minimum atomic E-state index is -0.338. The molecule has 1 rings (SSSR count). The Morgan fingerprint density at radius 3 is 2.71 bits per heavy atom. The summed E-state index contributed by atoms with van der Waals surface area (Å²) in [4.78, 5) is 12.6. The third-order valence-electron chi connectivity index (χ3n) is 2.88. The van der Waals surface area contributed by atoms with Crippen molar-refractivity contribution in [3.05, 3.63) is 32.8 Å². The number of nitro benzene ring substituents is 1. The zero-order valence-electron chi connectivity index (χ0n) is 10.3. The standard InChI is InChI=1S/C12H17BrN2O2/c1-4-5-9(2)14(3)11-7-6-10(13)8-12(11)15(16)17/h6-9H,4-5H2,1-3H3. The second kappa shape index (κ2) is 6.00. The van der Waals surface area contributed by atoms with Gasteiger partial charge in [0.15, 0.2) is 0 Å². The molecular weight excluding hydrogens is 284 g/mol. The van der Waals surface area contributed by atoms with Crippen molar-refractivity contribution in [2.24, 2.45) is 0 Å². The summed E-state index contributed by atoms with van der Waals surface area (Å²) in [5.74, 6) is 0. The lowest BCUT2D eigenvalue weighted by molar-refractivity contribution is -0.384. The maximum atomic E-state index is 11.0. The lowest BCUT2D eigenvalue weighted by Crippen LogP contribution is -2.29. The van der Waals surface area contributed by atoms with Crippen molar-refractivity contribution in [3.8, 4) is 0 Å². The Kier molecular flexibility index (Phi) is 4.93. The van der Waals surface area contributed by atoms with E-state index < -0.39 is 0 Å². The van der Waals surface area contributed by atoms with Crippen molar-refractivity contribution in [2.45, 2.75) is 32.7 Å². The van der Waals surface area contributed by atoms with Gasteiger partial charge in [-0.25, -0.2) is 0 Å². The number of rotatable bonds is 5. The maximum Gasteiger partial charge on any atom is 0.293 e. The van der Waals surface area contributed by atoms with Gasteiger partial charge in [0.25, 0.3) is 5.69 Å². The van der Waals surface area contributed by atoms with Gasteiger partial charge in [0.05, 0.1) is 4.92 Å². The summed E-state index contributed by atoms with van der Waals surface area (Å²) >= 11 is 3.26. The molecule has 94 valence electrons. The number of hydrogen-bond donors (Lipinski definition) is 0. The number of nitrogens with zero attached hydrogens (tertiary/aromatic N) is 2. The highest BCUT2D eigenvalue weighted by Gasteiger charge is 2.20. The fourth-order valence-corrected chi connectivity index (χ4v) is 2.14. The molecule has 0 radical (unpaired) electrons. The van der Waals surface area contributed by atoms with Crippen LogP contribution in [0.5, 0.6) is 0 Å². The SMILES string of the molecule is CCCC(C)N(C)c1ccc(Br)cc1[N+](=O)[O-]. The second-order valence-electron chi connectivity index (χ2n) is 4.14. The van der Waals surface area contributed by atoms with Crippen molar-refractivity contribution >= 4 is 27.3 Å². The van der Waals surface area contributed by atoms with Crippen LogP contribution < -0.4 is 4.90 Å². The van der Waals surface area contributed by atoms with Crippen molar-refractivity contribution in [1.82, 2.24) is 0 Å². The molecule has 0 saturated heterocycles. The first-order valence-electron chi connectivity index (χ1n) is 5.64. The summed E-state index contributed by atoms with van der Waals surface area (Å²) in [5.41, 5.74) is 0.809. The highest BCUT2D eigenvalue weighted by molar-refractivity contribution is 9.10. The quantitative estimate of drug-likeness (QED) is 0.610. The average Bonchev–Trinajstić information content (AvgIpc) is 2.28. The Morgan fingerprint density at radius 2 is 2.18 bits per heavy atom. The number of nitro groups is 1. The van der Waals surface area contributed by atoms with Gasteiger partial charge in [0.2, 0.25) is 0 Å². The van der Waals surface area contributed by atoms with Gasteiger partial charge in [-0.15, -0.1) is 0 Å². The van der Waals surface area contributed by atoms with E-state index in [2.05, 4.69) is 29.8 Å². The Hall–Kier alpha value is -1.10. The zero-order valence-corrected chi connectivity index (χ0v) is 11.9. The molecule has 1 unspecified atom stereocenters. The second-order valence-corrected chi connectivity index (χ2v) is 5.05. The lowest BCUT2D eigenvalue weighted by Gasteiger charge is -2.26. The molecule has 0 fully saturated rings. The van der Waals surface area contributed by atoms with E-state index >= 15 is 0 Å². The van der Waals surface area contributed by atoms with Crippen molar-refractivity contribution in [1.29, 1.82) is 0 Å². The first kappa shape index (κ1) is 14.0. The molecule has 0 aromatic heterocycles. The van der Waals surface area contributed by atoms with Gasteiger partial charge in [0, 0.05) is 23.6 Å². The van der Waals surface area contributed by atoms with Crippen LogP contribution in [-0.4, -0.2) is 18.0 Å². The molecule has 4 nitrogen and oxygen atoms in total. The van der Waals surface area contributed by atoms with Crippen LogP contribution in [0, 0.1) is 10.1 Å². The molecule has 1 aromatic carbocycles. The number of halogens is 1. The molecule has 5 heteroatoms. The van der Waals surface area contributed by atoms with Crippen LogP contribution in [0.4, 0.5) is 11.4 Å². The van der Waals surface area contributed by atoms with Gasteiger partial charge in [-0.05, 0) is 25.5 Å². The van der Waals surface area contributed by atoms with E-state index in [4.69, 9.17) is 0 Å². The number of hydrogen-bond acceptors (Lipinski definition) is 3. The predicted molar refractivity (Wildman–Crippen MR) is 73.6 cm³/mol. The van der Waals surface area contributed by atoms with Gasteiger partial charge < -0.3 is 4.90 Å². The third kappa shape index (κ3) is 3.43. The highest BCUT2D eigenvalue weighted by Crippen LogP contribution is 2.31. The zero-order chi connectivity index (χ0) is 13.0. The Morgan fingerprint density at radius 1 is 1.53 bits per heavy atom. The van der Waals surface area contributed by atoms with Crippen molar-refractivity contribution < 1.29 is 4.92 Å². The van der Waals surface area contributed by atoms with Crippen LogP contribution in [0.3, 0.4) is 0 Å². The summed E-state index contributed by atoms with van der Waals surface area (Å²) in [6.45, 7) is 4.19. The predicted octanol–water partition coefficient (Wildman–Crippen LogP) is 3.98. The number of anilines is 1. The van der Waals surface area contributed by atoms with Crippen LogP contribution in [0.15, 0.2) is 22.7 Å². The first-order valence-corrected chi connectivity index (χ1v) is 6.43. The van der Waals surface area contributed by atoms with E-state index in [1.165, 1.54) is 0 Å². The fourth-order valence-electron chi connectivity index (χ4n) is 1.79. The molecule has 0 aliphatic carbocycles. The van der Waals surface area contributed by atoms with E-state index in [0.717, 1.165) is 17.3 Å². The van der Waals surface area contributed by atoms with Gasteiger partial charge in [0.1, 0.15) is 5.69 Å². The van der Waals surface area contributed by atoms with Gasteiger partial charge >= 0.3 is 0 Å². The summed E-state index contributed by atoms with van der Waals surface area (Å²) in [6.07, 6.45) is 2.08. The van der Waals surface area contributed by atoms with E-state index in [0.29, 0.717) is 11.7 Å². The molecule has 1 aromatic rings. The molecule has 0 saturated carbocycles. The van der Waals surface area contributed by atoms with Crippen LogP contribution in [0.2, 0.25) is 0 Å². The third-order valence-corrected chi connectivity index (χ3v) is 3.38. The fraction of sp³-hybridized carbons (Fsp3) is 0.500. The first-order chi connectivity index (χ1) is 7.97. The van der Waals surface area contributed by atoms with Crippen molar-refractivity contribution in [2.75, 3.05) is 11.9 Å². The Bertz CT molecular complexity index is 409. The maximum absolute atomic E-state index is 11.0. The van der Waals surface area contributed by atoms with Crippen LogP contribution in [-0.2, 0) is 0 Å². The summed E-state index contributed by atoms with van der Waals surface area (Å²) in [6, 6.07) is 5.45.